The minimum atomic E-state index is -3.38. The van der Waals surface area contributed by atoms with Gasteiger partial charge in [0.1, 0.15) is 0 Å². The Bertz CT molecular complexity index is 408. The first-order valence-corrected chi connectivity index (χ1v) is 8.99. The van der Waals surface area contributed by atoms with E-state index in [9.17, 15) is 13.2 Å². The summed E-state index contributed by atoms with van der Waals surface area (Å²) in [5.74, 6) is -0.235. The maximum atomic E-state index is 12.1. The summed E-state index contributed by atoms with van der Waals surface area (Å²) >= 11 is 0. The molecule has 1 amide bonds. The van der Waals surface area contributed by atoms with Gasteiger partial charge in [-0.3, -0.25) is 4.79 Å². The fourth-order valence-electron chi connectivity index (χ4n) is 2.27. The molecule has 7 nitrogen and oxygen atoms in total. The summed E-state index contributed by atoms with van der Waals surface area (Å²) in [4.78, 5) is 11.6. The molecule has 21 heavy (non-hydrogen) atoms. The standard InChI is InChI=1S/C13H27N3O4S/c1-16(11-13(17)15-8-9-20-2)21(18,19)10-6-12-5-3-4-7-14-12/h12,14H,3-11H2,1-2H3,(H,15,17). The molecule has 0 aliphatic carbocycles. The highest BCUT2D eigenvalue weighted by molar-refractivity contribution is 7.89. The van der Waals surface area contributed by atoms with Crippen molar-refractivity contribution in [2.45, 2.75) is 31.7 Å². The van der Waals surface area contributed by atoms with Gasteiger partial charge in [0.15, 0.2) is 0 Å². The number of carbonyl (C=O) groups is 1. The Morgan fingerprint density at radius 3 is 2.81 bits per heavy atom. The molecule has 1 rings (SSSR count). The van der Waals surface area contributed by atoms with Gasteiger partial charge in [0, 0.05) is 26.7 Å². The summed E-state index contributed by atoms with van der Waals surface area (Å²) in [6.07, 6.45) is 3.93. The second kappa shape index (κ2) is 9.34. The van der Waals surface area contributed by atoms with E-state index in [1.165, 1.54) is 7.05 Å². The molecule has 1 atom stereocenters. The third-order valence-corrected chi connectivity index (χ3v) is 5.44. The molecule has 0 aromatic heterocycles. The monoisotopic (exact) mass is 321 g/mol. The van der Waals surface area contributed by atoms with Crippen LogP contribution in [0.3, 0.4) is 0 Å². The molecule has 1 fully saturated rings. The van der Waals surface area contributed by atoms with Gasteiger partial charge >= 0.3 is 0 Å². The molecule has 2 N–H and O–H groups in total. The number of likely N-dealkylation sites (N-methyl/N-ethyl adjacent to an activating group) is 1. The summed E-state index contributed by atoms with van der Waals surface area (Å²) in [5, 5.41) is 5.94. The summed E-state index contributed by atoms with van der Waals surface area (Å²) in [6.45, 7) is 1.61. The lowest BCUT2D eigenvalue weighted by atomic mass is 10.0. The van der Waals surface area contributed by atoms with Crippen molar-refractivity contribution in [2.75, 3.05) is 46.2 Å². The molecular weight excluding hydrogens is 294 g/mol. The van der Waals surface area contributed by atoms with Crippen LogP contribution < -0.4 is 10.6 Å². The first-order valence-electron chi connectivity index (χ1n) is 7.38. The van der Waals surface area contributed by atoms with Crippen molar-refractivity contribution in [1.82, 2.24) is 14.9 Å². The fourth-order valence-corrected chi connectivity index (χ4v) is 3.47. The Hall–Kier alpha value is -0.700. The fraction of sp³-hybridized carbons (Fsp3) is 0.923. The quantitative estimate of drug-likeness (QED) is 0.561. The van der Waals surface area contributed by atoms with E-state index >= 15 is 0 Å². The predicted molar refractivity (Wildman–Crippen MR) is 81.6 cm³/mol. The maximum Gasteiger partial charge on any atom is 0.235 e. The molecule has 1 saturated heterocycles. The number of ether oxygens (including phenoxy) is 1. The molecule has 0 spiro atoms. The second-order valence-electron chi connectivity index (χ2n) is 5.35. The highest BCUT2D eigenvalue weighted by Crippen LogP contribution is 2.12. The number of methoxy groups -OCH3 is 1. The second-order valence-corrected chi connectivity index (χ2v) is 7.55. The molecule has 1 aliphatic heterocycles. The van der Waals surface area contributed by atoms with Crippen molar-refractivity contribution in [1.29, 1.82) is 0 Å². The molecule has 0 aromatic carbocycles. The van der Waals surface area contributed by atoms with Gasteiger partial charge < -0.3 is 15.4 Å². The van der Waals surface area contributed by atoms with Crippen LogP contribution in [0.5, 0.6) is 0 Å². The van der Waals surface area contributed by atoms with Gasteiger partial charge in [-0.1, -0.05) is 6.42 Å². The lowest BCUT2D eigenvalue weighted by Gasteiger charge is -2.24. The van der Waals surface area contributed by atoms with Gasteiger partial charge in [0.25, 0.3) is 0 Å². The zero-order valence-electron chi connectivity index (χ0n) is 12.9. The van der Waals surface area contributed by atoms with Crippen molar-refractivity contribution >= 4 is 15.9 Å². The summed E-state index contributed by atoms with van der Waals surface area (Å²) in [5.41, 5.74) is 0. The van der Waals surface area contributed by atoms with Gasteiger partial charge in [-0.2, -0.15) is 4.31 Å². The van der Waals surface area contributed by atoms with Crippen LogP contribution in [0.15, 0.2) is 0 Å². The topological polar surface area (TPSA) is 87.7 Å². The van der Waals surface area contributed by atoms with Crippen molar-refractivity contribution in [3.63, 3.8) is 0 Å². The van der Waals surface area contributed by atoms with E-state index < -0.39 is 10.0 Å². The molecule has 0 saturated carbocycles. The first-order chi connectivity index (χ1) is 9.95. The Morgan fingerprint density at radius 1 is 1.43 bits per heavy atom. The van der Waals surface area contributed by atoms with Crippen molar-refractivity contribution in [3.05, 3.63) is 0 Å². The van der Waals surface area contributed by atoms with Crippen LogP contribution in [0.1, 0.15) is 25.7 Å². The van der Waals surface area contributed by atoms with Crippen molar-refractivity contribution in [2.24, 2.45) is 0 Å². The third kappa shape index (κ3) is 7.21. The molecular formula is C13H27N3O4S. The van der Waals surface area contributed by atoms with Gasteiger partial charge in [-0.15, -0.1) is 0 Å². The zero-order chi connectivity index (χ0) is 15.7. The number of hydrogen-bond acceptors (Lipinski definition) is 5. The van der Waals surface area contributed by atoms with E-state index in [-0.39, 0.29) is 24.2 Å². The molecule has 124 valence electrons. The van der Waals surface area contributed by atoms with Crippen LogP contribution in [0.2, 0.25) is 0 Å². The van der Waals surface area contributed by atoms with Gasteiger partial charge in [-0.05, 0) is 25.8 Å². The number of hydrogen-bond donors (Lipinski definition) is 2. The lowest BCUT2D eigenvalue weighted by molar-refractivity contribution is -0.121. The van der Waals surface area contributed by atoms with Gasteiger partial charge in [-0.25, -0.2) is 8.42 Å². The average Bonchev–Trinajstić information content (AvgIpc) is 2.46. The van der Waals surface area contributed by atoms with Crippen LogP contribution in [-0.4, -0.2) is 70.8 Å². The number of sulfonamides is 1. The van der Waals surface area contributed by atoms with Crippen LogP contribution in [0.4, 0.5) is 0 Å². The zero-order valence-corrected chi connectivity index (χ0v) is 13.7. The molecule has 8 heteroatoms. The minimum Gasteiger partial charge on any atom is -0.383 e. The normalized spacial score (nSPS) is 19.7. The molecule has 0 radical (unpaired) electrons. The molecule has 1 heterocycles. The predicted octanol–water partition coefficient (Wildman–Crippen LogP) is -0.457. The Labute approximate surface area is 127 Å². The highest BCUT2D eigenvalue weighted by Gasteiger charge is 2.22. The summed E-state index contributed by atoms with van der Waals surface area (Å²) < 4.78 is 30.2. The maximum absolute atomic E-state index is 12.1. The Balaban J connectivity index is 2.32. The lowest BCUT2D eigenvalue weighted by Crippen LogP contribution is -2.41. The SMILES string of the molecule is COCCNC(=O)CN(C)S(=O)(=O)CCC1CCCCN1. The van der Waals surface area contributed by atoms with Gasteiger partial charge in [0.05, 0.1) is 18.9 Å². The summed E-state index contributed by atoms with van der Waals surface area (Å²) in [6, 6.07) is 0.275. The third-order valence-electron chi connectivity index (χ3n) is 3.61. The van der Waals surface area contributed by atoms with Crippen molar-refractivity contribution < 1.29 is 17.9 Å². The van der Waals surface area contributed by atoms with Crippen LogP contribution in [0, 0.1) is 0 Å². The number of carbonyl (C=O) groups excluding carboxylic acids is 1. The first kappa shape index (κ1) is 18.3. The smallest absolute Gasteiger partial charge is 0.235 e. The van der Waals surface area contributed by atoms with Crippen LogP contribution in [-0.2, 0) is 19.6 Å². The molecule has 0 bridgehead atoms. The number of nitrogens with zero attached hydrogens (tertiary/aromatic N) is 1. The van der Waals surface area contributed by atoms with E-state index in [1.54, 1.807) is 7.11 Å². The molecule has 1 unspecified atom stereocenters. The Kier molecular flexibility index (Phi) is 8.16. The van der Waals surface area contributed by atoms with E-state index in [0.29, 0.717) is 19.6 Å². The highest BCUT2D eigenvalue weighted by atomic mass is 32.2. The van der Waals surface area contributed by atoms with E-state index in [4.69, 9.17) is 4.74 Å². The molecule has 0 aromatic rings. The number of amides is 1. The minimum absolute atomic E-state index is 0.0759. The van der Waals surface area contributed by atoms with E-state index in [1.807, 2.05) is 0 Å². The number of piperidine rings is 1. The average molecular weight is 321 g/mol. The van der Waals surface area contributed by atoms with E-state index in [0.717, 1.165) is 30.1 Å². The number of rotatable bonds is 9. The number of nitrogens with one attached hydrogen (secondary N) is 2. The van der Waals surface area contributed by atoms with Crippen LogP contribution in [0.25, 0.3) is 0 Å². The van der Waals surface area contributed by atoms with Crippen LogP contribution >= 0.6 is 0 Å². The summed E-state index contributed by atoms with van der Waals surface area (Å²) in [7, 11) is -0.396. The van der Waals surface area contributed by atoms with Crippen molar-refractivity contribution in [3.8, 4) is 0 Å². The molecule has 1 aliphatic rings. The van der Waals surface area contributed by atoms with Gasteiger partial charge in [0.2, 0.25) is 15.9 Å². The Morgan fingerprint density at radius 2 is 2.19 bits per heavy atom. The van der Waals surface area contributed by atoms with E-state index in [2.05, 4.69) is 10.6 Å². The largest absolute Gasteiger partial charge is 0.383 e.